The Labute approximate surface area is 159 Å². The number of oxazole rings is 1. The van der Waals surface area contributed by atoms with Crippen LogP contribution in [0.5, 0.6) is 11.5 Å². The van der Waals surface area contributed by atoms with Gasteiger partial charge < -0.3 is 19.2 Å². The van der Waals surface area contributed by atoms with E-state index < -0.39 is 11.6 Å². The number of benzene rings is 2. The minimum absolute atomic E-state index is 0.118. The Bertz CT molecular complexity index is 1020. The van der Waals surface area contributed by atoms with Gasteiger partial charge in [0.05, 0.1) is 11.8 Å². The maximum absolute atomic E-state index is 13.8. The summed E-state index contributed by atoms with van der Waals surface area (Å²) in [4.78, 5) is 16.1. The van der Waals surface area contributed by atoms with Gasteiger partial charge in [0, 0.05) is 25.5 Å². The number of halogens is 2. The molecular formula is C20H16F2N2O4. The molecule has 0 saturated heterocycles. The summed E-state index contributed by atoms with van der Waals surface area (Å²) in [6, 6.07) is 8.68. The number of carbonyl (C=O) groups excluding carboxylic acids is 1. The monoisotopic (exact) mass is 386 g/mol. The van der Waals surface area contributed by atoms with Crippen LogP contribution in [0.4, 0.5) is 8.78 Å². The molecule has 3 aromatic rings. The van der Waals surface area contributed by atoms with Crippen LogP contribution >= 0.6 is 0 Å². The van der Waals surface area contributed by atoms with E-state index in [9.17, 15) is 13.6 Å². The lowest BCUT2D eigenvalue weighted by atomic mass is 10.2. The summed E-state index contributed by atoms with van der Waals surface area (Å²) in [5.41, 5.74) is 1.01. The lowest BCUT2D eigenvalue weighted by Crippen LogP contribution is -2.23. The van der Waals surface area contributed by atoms with E-state index in [0.717, 1.165) is 17.7 Å². The van der Waals surface area contributed by atoms with Gasteiger partial charge in [-0.1, -0.05) is 6.07 Å². The molecule has 28 heavy (non-hydrogen) atoms. The van der Waals surface area contributed by atoms with Gasteiger partial charge in [-0.15, -0.1) is 0 Å². The molecule has 1 aliphatic rings. The van der Waals surface area contributed by atoms with E-state index >= 15 is 0 Å². The second kappa shape index (κ2) is 7.67. The Kier molecular flexibility index (Phi) is 4.92. The molecule has 6 nitrogen and oxygen atoms in total. The zero-order valence-electron chi connectivity index (χ0n) is 14.7. The molecule has 1 amide bonds. The number of carbonyl (C=O) groups is 1. The molecule has 2 heterocycles. The van der Waals surface area contributed by atoms with Crippen LogP contribution in [0.2, 0.25) is 0 Å². The van der Waals surface area contributed by atoms with Crippen molar-refractivity contribution in [2.24, 2.45) is 0 Å². The van der Waals surface area contributed by atoms with Crippen molar-refractivity contribution in [3.8, 4) is 22.8 Å². The quantitative estimate of drug-likeness (QED) is 0.701. The number of rotatable bonds is 6. The number of ether oxygens (including phenoxy) is 2. The molecular weight excluding hydrogens is 370 g/mol. The fourth-order valence-corrected chi connectivity index (χ4v) is 2.80. The summed E-state index contributed by atoms with van der Waals surface area (Å²) in [5, 5.41) is 2.81. The molecule has 0 aliphatic carbocycles. The van der Waals surface area contributed by atoms with Crippen molar-refractivity contribution in [3.63, 3.8) is 0 Å². The zero-order valence-corrected chi connectivity index (χ0v) is 14.7. The fourth-order valence-electron chi connectivity index (χ4n) is 2.80. The van der Waals surface area contributed by atoms with Gasteiger partial charge in [-0.25, -0.2) is 13.8 Å². The highest BCUT2D eigenvalue weighted by molar-refractivity contribution is 5.76. The Morgan fingerprint density at radius 3 is 2.82 bits per heavy atom. The van der Waals surface area contributed by atoms with Gasteiger partial charge in [0.15, 0.2) is 23.1 Å². The fraction of sp³-hybridized carbons (Fsp3) is 0.200. The predicted molar refractivity (Wildman–Crippen MR) is 94.6 cm³/mol. The van der Waals surface area contributed by atoms with Crippen LogP contribution in [0.1, 0.15) is 17.9 Å². The molecule has 8 heteroatoms. The van der Waals surface area contributed by atoms with Crippen LogP contribution in [-0.4, -0.2) is 17.7 Å². The first-order chi connectivity index (χ1) is 13.6. The van der Waals surface area contributed by atoms with E-state index in [1.54, 1.807) is 6.07 Å². The standard InChI is InChI=1S/C20H16F2N2O4/c21-13-2-3-14(15(22)8-13)18-10-24-20(28-18)6-5-19(25)23-9-12-1-4-16-17(7-12)27-11-26-16/h1-4,7-8,10H,5-6,9,11H2,(H,23,25). The number of hydrogen-bond acceptors (Lipinski definition) is 5. The molecule has 0 fully saturated rings. The van der Waals surface area contributed by atoms with E-state index in [2.05, 4.69) is 10.3 Å². The highest BCUT2D eigenvalue weighted by atomic mass is 19.1. The van der Waals surface area contributed by atoms with Gasteiger partial charge in [-0.05, 0) is 29.8 Å². The zero-order chi connectivity index (χ0) is 19.5. The van der Waals surface area contributed by atoms with Crippen molar-refractivity contribution in [2.75, 3.05) is 6.79 Å². The Morgan fingerprint density at radius 1 is 1.11 bits per heavy atom. The lowest BCUT2D eigenvalue weighted by Gasteiger charge is -2.05. The number of hydrogen-bond donors (Lipinski definition) is 1. The minimum atomic E-state index is -0.732. The van der Waals surface area contributed by atoms with Gasteiger partial charge in [-0.3, -0.25) is 4.79 Å². The first kappa shape index (κ1) is 18.0. The molecule has 0 saturated carbocycles. The molecule has 0 atom stereocenters. The molecule has 144 valence electrons. The largest absolute Gasteiger partial charge is 0.454 e. The molecule has 4 rings (SSSR count). The first-order valence-corrected chi connectivity index (χ1v) is 8.64. The van der Waals surface area contributed by atoms with E-state index in [-0.39, 0.29) is 36.9 Å². The third-order valence-electron chi connectivity index (χ3n) is 4.24. The van der Waals surface area contributed by atoms with Crippen LogP contribution in [0.15, 0.2) is 47.0 Å². The highest BCUT2D eigenvalue weighted by Crippen LogP contribution is 2.32. The summed E-state index contributed by atoms with van der Waals surface area (Å²) in [6.45, 7) is 0.554. The van der Waals surface area contributed by atoms with Crippen LogP contribution in [-0.2, 0) is 17.8 Å². The topological polar surface area (TPSA) is 73.6 Å². The molecule has 2 aromatic carbocycles. The van der Waals surface area contributed by atoms with E-state index in [4.69, 9.17) is 13.9 Å². The average Bonchev–Trinajstić information content (AvgIpc) is 3.33. The molecule has 1 aromatic heterocycles. The second-order valence-electron chi connectivity index (χ2n) is 6.21. The summed E-state index contributed by atoms with van der Waals surface area (Å²) in [7, 11) is 0. The third kappa shape index (κ3) is 3.95. The van der Waals surface area contributed by atoms with Crippen molar-refractivity contribution in [2.45, 2.75) is 19.4 Å². The van der Waals surface area contributed by atoms with Gasteiger partial charge >= 0.3 is 0 Å². The number of nitrogens with one attached hydrogen (secondary N) is 1. The summed E-state index contributed by atoms with van der Waals surface area (Å²) < 4.78 is 42.8. The smallest absolute Gasteiger partial charge is 0.231 e. The van der Waals surface area contributed by atoms with Crippen LogP contribution < -0.4 is 14.8 Å². The van der Waals surface area contributed by atoms with E-state index in [1.807, 2.05) is 12.1 Å². The lowest BCUT2D eigenvalue weighted by molar-refractivity contribution is -0.121. The normalized spacial score (nSPS) is 12.2. The molecule has 1 N–H and O–H groups in total. The van der Waals surface area contributed by atoms with Crippen molar-refractivity contribution < 1.29 is 27.5 Å². The minimum Gasteiger partial charge on any atom is -0.454 e. The number of fused-ring (bicyclic) bond motifs is 1. The van der Waals surface area contributed by atoms with Crippen molar-refractivity contribution in [1.29, 1.82) is 0 Å². The molecule has 0 radical (unpaired) electrons. The SMILES string of the molecule is O=C(CCc1ncc(-c2ccc(F)cc2F)o1)NCc1ccc2c(c1)OCO2. The van der Waals surface area contributed by atoms with Gasteiger partial charge in [-0.2, -0.15) is 0 Å². The Hall–Kier alpha value is -3.42. The molecule has 0 bridgehead atoms. The number of aryl methyl sites for hydroxylation is 1. The Balaban J connectivity index is 1.30. The van der Waals surface area contributed by atoms with Gasteiger partial charge in [0.25, 0.3) is 0 Å². The first-order valence-electron chi connectivity index (χ1n) is 8.64. The predicted octanol–water partition coefficient (Wildman–Crippen LogP) is 3.60. The maximum atomic E-state index is 13.8. The van der Waals surface area contributed by atoms with Crippen molar-refractivity contribution in [1.82, 2.24) is 10.3 Å². The summed E-state index contributed by atoms with van der Waals surface area (Å²) >= 11 is 0. The van der Waals surface area contributed by atoms with E-state index in [1.165, 1.54) is 12.3 Å². The van der Waals surface area contributed by atoms with Crippen molar-refractivity contribution >= 4 is 5.91 Å². The second-order valence-corrected chi connectivity index (χ2v) is 6.21. The number of amides is 1. The summed E-state index contributed by atoms with van der Waals surface area (Å²) in [5.74, 6) is 0.263. The van der Waals surface area contributed by atoms with Crippen LogP contribution in [0.3, 0.4) is 0 Å². The van der Waals surface area contributed by atoms with Gasteiger partial charge in [0.2, 0.25) is 12.7 Å². The molecule has 1 aliphatic heterocycles. The summed E-state index contributed by atoms with van der Waals surface area (Å²) in [6.07, 6.45) is 1.78. The van der Waals surface area contributed by atoms with Crippen LogP contribution in [0, 0.1) is 11.6 Å². The maximum Gasteiger partial charge on any atom is 0.231 e. The number of aromatic nitrogens is 1. The number of nitrogens with zero attached hydrogens (tertiary/aromatic N) is 1. The highest BCUT2D eigenvalue weighted by Gasteiger charge is 2.15. The molecule has 0 spiro atoms. The Morgan fingerprint density at radius 2 is 1.96 bits per heavy atom. The van der Waals surface area contributed by atoms with Crippen molar-refractivity contribution in [3.05, 3.63) is 65.7 Å². The van der Waals surface area contributed by atoms with E-state index in [0.29, 0.717) is 23.9 Å². The third-order valence-corrected chi connectivity index (χ3v) is 4.24. The van der Waals surface area contributed by atoms with Gasteiger partial charge in [0.1, 0.15) is 11.6 Å². The van der Waals surface area contributed by atoms with Crippen LogP contribution in [0.25, 0.3) is 11.3 Å². The molecule has 0 unspecified atom stereocenters. The average molecular weight is 386 g/mol.